The molecule has 0 radical (unpaired) electrons. The monoisotopic (exact) mass is 311 g/mol. The standard InChI is InChI=1S/C16H13N3O4/c1-23-13-4-2-3-11(7-13)9-18-10-17-15-8-12(19(21)22)5-6-14(15)16(18)20/h2-8,10H,9H2,1H3. The normalized spacial score (nSPS) is 10.7. The van der Waals surface area contributed by atoms with E-state index < -0.39 is 4.92 Å². The summed E-state index contributed by atoms with van der Waals surface area (Å²) in [5.74, 6) is 0.708. The molecule has 23 heavy (non-hydrogen) atoms. The van der Waals surface area contributed by atoms with Crippen molar-refractivity contribution in [1.82, 2.24) is 9.55 Å². The second-order valence-corrected chi connectivity index (χ2v) is 4.99. The Labute approximate surface area is 130 Å². The number of hydrogen-bond acceptors (Lipinski definition) is 5. The molecule has 7 nitrogen and oxygen atoms in total. The van der Waals surface area contributed by atoms with Crippen LogP contribution >= 0.6 is 0 Å². The quantitative estimate of drug-likeness (QED) is 0.545. The highest BCUT2D eigenvalue weighted by molar-refractivity contribution is 5.79. The summed E-state index contributed by atoms with van der Waals surface area (Å²) in [7, 11) is 1.58. The number of nitrogens with zero attached hydrogens (tertiary/aromatic N) is 3. The zero-order valence-electron chi connectivity index (χ0n) is 12.3. The van der Waals surface area contributed by atoms with Crippen molar-refractivity contribution in [1.29, 1.82) is 0 Å². The van der Waals surface area contributed by atoms with E-state index in [-0.39, 0.29) is 11.2 Å². The lowest BCUT2D eigenvalue weighted by Crippen LogP contribution is -2.21. The van der Waals surface area contributed by atoms with E-state index in [1.165, 1.54) is 29.1 Å². The SMILES string of the molecule is COc1cccc(Cn2cnc3cc([N+](=O)[O-])ccc3c2=O)c1. The van der Waals surface area contributed by atoms with Gasteiger partial charge in [-0.25, -0.2) is 4.98 Å². The number of ether oxygens (including phenoxy) is 1. The zero-order valence-corrected chi connectivity index (χ0v) is 12.3. The Morgan fingerprint density at radius 2 is 2.09 bits per heavy atom. The van der Waals surface area contributed by atoms with Crippen LogP contribution in [0.4, 0.5) is 5.69 Å². The van der Waals surface area contributed by atoms with Gasteiger partial charge in [0.25, 0.3) is 11.2 Å². The van der Waals surface area contributed by atoms with Crippen molar-refractivity contribution in [3.05, 3.63) is 74.8 Å². The highest BCUT2D eigenvalue weighted by Gasteiger charge is 2.10. The van der Waals surface area contributed by atoms with Gasteiger partial charge in [-0.3, -0.25) is 19.5 Å². The minimum Gasteiger partial charge on any atom is -0.497 e. The van der Waals surface area contributed by atoms with Crippen LogP contribution < -0.4 is 10.3 Å². The zero-order chi connectivity index (χ0) is 16.4. The topological polar surface area (TPSA) is 87.3 Å². The van der Waals surface area contributed by atoms with Crippen molar-refractivity contribution in [2.75, 3.05) is 7.11 Å². The van der Waals surface area contributed by atoms with Crippen LogP contribution in [-0.2, 0) is 6.54 Å². The van der Waals surface area contributed by atoms with Crippen molar-refractivity contribution in [2.45, 2.75) is 6.54 Å². The van der Waals surface area contributed by atoms with Gasteiger partial charge in [0.15, 0.2) is 0 Å². The minimum atomic E-state index is -0.511. The molecule has 1 heterocycles. The Morgan fingerprint density at radius 1 is 1.26 bits per heavy atom. The third kappa shape index (κ3) is 2.89. The van der Waals surface area contributed by atoms with Crippen LogP contribution in [0, 0.1) is 10.1 Å². The molecule has 0 spiro atoms. The summed E-state index contributed by atoms with van der Waals surface area (Å²) in [5.41, 5.74) is 0.878. The molecule has 0 bridgehead atoms. The number of fused-ring (bicyclic) bond motifs is 1. The van der Waals surface area contributed by atoms with Crippen molar-refractivity contribution in [3.63, 3.8) is 0 Å². The highest BCUT2D eigenvalue weighted by atomic mass is 16.6. The van der Waals surface area contributed by atoms with Crippen LogP contribution in [0.15, 0.2) is 53.6 Å². The van der Waals surface area contributed by atoms with Gasteiger partial charge in [-0.1, -0.05) is 12.1 Å². The number of nitro groups is 1. The first-order valence-electron chi connectivity index (χ1n) is 6.85. The molecular weight excluding hydrogens is 298 g/mol. The van der Waals surface area contributed by atoms with Crippen LogP contribution in [0.25, 0.3) is 10.9 Å². The van der Waals surface area contributed by atoms with Gasteiger partial charge in [0, 0.05) is 12.1 Å². The lowest BCUT2D eigenvalue weighted by Gasteiger charge is -2.08. The fourth-order valence-corrected chi connectivity index (χ4v) is 2.34. The van der Waals surface area contributed by atoms with Crippen molar-refractivity contribution < 1.29 is 9.66 Å². The molecule has 1 aromatic heterocycles. The number of aromatic nitrogens is 2. The minimum absolute atomic E-state index is 0.0880. The van der Waals surface area contributed by atoms with Gasteiger partial charge >= 0.3 is 0 Å². The van der Waals surface area contributed by atoms with E-state index in [4.69, 9.17) is 4.74 Å². The van der Waals surface area contributed by atoms with E-state index >= 15 is 0 Å². The van der Waals surface area contributed by atoms with E-state index in [9.17, 15) is 14.9 Å². The third-order valence-electron chi connectivity index (χ3n) is 3.51. The van der Waals surface area contributed by atoms with E-state index in [2.05, 4.69) is 4.98 Å². The molecule has 3 rings (SSSR count). The maximum absolute atomic E-state index is 12.5. The van der Waals surface area contributed by atoms with Crippen LogP contribution in [0.3, 0.4) is 0 Å². The molecule has 116 valence electrons. The van der Waals surface area contributed by atoms with E-state index in [0.717, 1.165) is 5.56 Å². The highest BCUT2D eigenvalue weighted by Crippen LogP contribution is 2.17. The maximum atomic E-state index is 12.5. The smallest absolute Gasteiger partial charge is 0.271 e. The van der Waals surface area contributed by atoms with Crippen molar-refractivity contribution in [3.8, 4) is 5.75 Å². The van der Waals surface area contributed by atoms with E-state index in [1.54, 1.807) is 7.11 Å². The second kappa shape index (κ2) is 5.88. The van der Waals surface area contributed by atoms with E-state index in [1.807, 2.05) is 24.3 Å². The maximum Gasteiger partial charge on any atom is 0.271 e. The molecule has 0 N–H and O–H groups in total. The van der Waals surface area contributed by atoms with Gasteiger partial charge in [-0.15, -0.1) is 0 Å². The number of non-ortho nitro benzene ring substituents is 1. The first kappa shape index (κ1) is 14.7. The van der Waals surface area contributed by atoms with Crippen LogP contribution in [0.1, 0.15) is 5.56 Å². The summed E-state index contributed by atoms with van der Waals surface area (Å²) in [5, 5.41) is 11.1. The Bertz CT molecular complexity index is 949. The number of benzene rings is 2. The van der Waals surface area contributed by atoms with Crippen molar-refractivity contribution in [2.24, 2.45) is 0 Å². The average Bonchev–Trinajstić information content (AvgIpc) is 2.57. The van der Waals surface area contributed by atoms with Gasteiger partial charge in [0.1, 0.15) is 5.75 Å². The fraction of sp³-hybridized carbons (Fsp3) is 0.125. The molecule has 0 aliphatic rings. The van der Waals surface area contributed by atoms with Crippen LogP contribution in [0.2, 0.25) is 0 Å². The first-order valence-corrected chi connectivity index (χ1v) is 6.85. The Kier molecular flexibility index (Phi) is 3.76. The van der Waals surface area contributed by atoms with Gasteiger partial charge in [0.05, 0.1) is 35.8 Å². The Balaban J connectivity index is 2.02. The average molecular weight is 311 g/mol. The third-order valence-corrected chi connectivity index (χ3v) is 3.51. The molecule has 0 saturated carbocycles. The molecular formula is C16H13N3O4. The van der Waals surface area contributed by atoms with Gasteiger partial charge in [-0.2, -0.15) is 0 Å². The molecule has 0 saturated heterocycles. The molecule has 3 aromatic rings. The van der Waals surface area contributed by atoms with Crippen LogP contribution in [0.5, 0.6) is 5.75 Å². The molecule has 0 fully saturated rings. The number of hydrogen-bond donors (Lipinski definition) is 0. The molecule has 0 atom stereocenters. The number of nitro benzene ring substituents is 1. The summed E-state index contributed by atoms with van der Waals surface area (Å²) in [4.78, 5) is 26.9. The second-order valence-electron chi connectivity index (χ2n) is 4.99. The van der Waals surface area contributed by atoms with Crippen molar-refractivity contribution >= 4 is 16.6 Å². The number of rotatable bonds is 4. The summed E-state index contributed by atoms with van der Waals surface area (Å²) in [6.07, 6.45) is 1.40. The number of methoxy groups -OCH3 is 1. The van der Waals surface area contributed by atoms with Gasteiger partial charge in [-0.05, 0) is 23.8 Å². The predicted octanol–water partition coefficient (Wildman–Crippen LogP) is 2.36. The molecule has 2 aromatic carbocycles. The Morgan fingerprint density at radius 3 is 2.83 bits per heavy atom. The van der Waals surface area contributed by atoms with Gasteiger partial charge < -0.3 is 4.74 Å². The molecule has 0 aliphatic heterocycles. The Hall–Kier alpha value is -3.22. The van der Waals surface area contributed by atoms with Gasteiger partial charge in [0.2, 0.25) is 0 Å². The summed E-state index contributed by atoms with van der Waals surface area (Å²) in [6.45, 7) is 0.343. The lowest BCUT2D eigenvalue weighted by atomic mass is 10.2. The molecule has 0 aliphatic carbocycles. The molecule has 7 heteroatoms. The summed E-state index contributed by atoms with van der Waals surface area (Å²) >= 11 is 0. The predicted molar refractivity (Wildman–Crippen MR) is 84.8 cm³/mol. The summed E-state index contributed by atoms with van der Waals surface area (Å²) in [6, 6.07) is 11.4. The first-order chi connectivity index (χ1) is 11.1. The lowest BCUT2D eigenvalue weighted by molar-refractivity contribution is -0.384. The van der Waals surface area contributed by atoms with E-state index in [0.29, 0.717) is 23.2 Å². The van der Waals surface area contributed by atoms with Crippen LogP contribution in [-0.4, -0.2) is 21.6 Å². The molecule has 0 amide bonds. The summed E-state index contributed by atoms with van der Waals surface area (Å²) < 4.78 is 6.62. The fourth-order valence-electron chi connectivity index (χ4n) is 2.34. The molecule has 0 unspecified atom stereocenters. The largest absolute Gasteiger partial charge is 0.497 e.